The van der Waals surface area contributed by atoms with E-state index in [1.165, 1.54) is 127 Å². The fourth-order valence-corrected chi connectivity index (χ4v) is 5.64. The summed E-state index contributed by atoms with van der Waals surface area (Å²) >= 11 is 0. The third-order valence-corrected chi connectivity index (χ3v) is 8.80. The maximum Gasteiger partial charge on any atom is 0.422 e. The number of aliphatic hydroxyl groups is 2. The van der Waals surface area contributed by atoms with Crippen LogP contribution < -0.4 is 30.4 Å². The average Bonchev–Trinajstić information content (AvgIpc) is 3.23. The van der Waals surface area contributed by atoms with Crippen LogP contribution in [0.4, 0.5) is 37.7 Å². The number of nitrogens with two attached hydrogens (primary N) is 2. The van der Waals surface area contributed by atoms with Crippen molar-refractivity contribution in [3.05, 3.63) is 155 Å². The number of carbonyl (C=O) groups is 4. The first-order valence-electron chi connectivity index (χ1n) is 18.4. The predicted octanol–water partition coefficient (Wildman–Crippen LogP) is 7.89. The van der Waals surface area contributed by atoms with Crippen LogP contribution in [-0.2, 0) is 9.59 Å². The number of nitrogen functional groups attached to an aromatic ring is 2. The second-order valence-corrected chi connectivity index (χ2v) is 13.6. The summed E-state index contributed by atoms with van der Waals surface area (Å²) in [5.74, 6) is -8.24. The lowest BCUT2D eigenvalue weighted by Crippen LogP contribution is -2.44. The van der Waals surface area contributed by atoms with Gasteiger partial charge in [0.1, 0.15) is 23.0 Å². The molecule has 0 saturated heterocycles. The molecule has 18 heteroatoms. The molecule has 1 atom stereocenters. The van der Waals surface area contributed by atoms with E-state index in [0.717, 1.165) is 12.2 Å². The summed E-state index contributed by atoms with van der Waals surface area (Å²) in [7, 11) is 0. The van der Waals surface area contributed by atoms with Crippen molar-refractivity contribution in [3.8, 4) is 23.0 Å². The number of esters is 2. The summed E-state index contributed by atoms with van der Waals surface area (Å²) in [4.78, 5) is 51.7. The number of halogens is 6. The molecule has 0 aliphatic rings. The lowest BCUT2D eigenvalue weighted by molar-refractivity contribution is -0.187. The van der Waals surface area contributed by atoms with E-state index in [4.69, 9.17) is 20.9 Å². The van der Waals surface area contributed by atoms with Crippen LogP contribution in [0.15, 0.2) is 127 Å². The lowest BCUT2D eigenvalue weighted by Gasteiger charge is -2.30. The quantitative estimate of drug-likeness (QED) is 0.0176. The van der Waals surface area contributed by atoms with Crippen molar-refractivity contribution in [2.75, 3.05) is 24.7 Å². The first kappa shape index (κ1) is 46.6. The summed E-state index contributed by atoms with van der Waals surface area (Å²) in [5, 5.41) is 22.6. The molecule has 0 saturated carbocycles. The van der Waals surface area contributed by atoms with Gasteiger partial charge in [-0.2, -0.15) is 26.3 Å². The first-order chi connectivity index (χ1) is 29.6. The van der Waals surface area contributed by atoms with Gasteiger partial charge in [-0.05, 0) is 114 Å². The molecule has 0 spiro atoms. The molecule has 12 nitrogen and oxygen atoms in total. The smallest absolute Gasteiger partial charge is 0.422 e. The Bertz CT molecular complexity index is 2470. The Kier molecular flexibility index (Phi) is 14.8. The summed E-state index contributed by atoms with van der Waals surface area (Å²) in [6, 6.07) is 25.3. The number of allylic oxidation sites excluding steroid dienone is 1. The Labute approximate surface area is 354 Å². The Morgan fingerprint density at radius 3 is 1.40 bits per heavy atom. The van der Waals surface area contributed by atoms with Gasteiger partial charge in [-0.3, -0.25) is 9.59 Å². The highest BCUT2D eigenvalue weighted by Crippen LogP contribution is 2.36. The van der Waals surface area contributed by atoms with Gasteiger partial charge in [-0.1, -0.05) is 42.5 Å². The van der Waals surface area contributed by atoms with Crippen molar-refractivity contribution >= 4 is 47.0 Å². The van der Waals surface area contributed by atoms with Crippen LogP contribution in [0, 0.1) is 0 Å². The minimum atomic E-state index is -4.53. The molecule has 0 fully saturated rings. The molecular formula is C45H36F6N2O10. The van der Waals surface area contributed by atoms with E-state index in [1.807, 2.05) is 0 Å². The SMILES string of the molecule is Nc1ccc(C(CC(=O)/C=C/c2ccc(OC(=O)c3ccc(OCC(F)(F)F)cc3)cc2)C(O)(O)C(=O)/C=C/c2ccc(OC(=O)c3ccc(OCC(F)(F)F)cc3)cc2)c(N)c1. The van der Waals surface area contributed by atoms with Gasteiger partial charge >= 0.3 is 24.3 Å². The standard InChI is InChI=1S/C45H36F6N2O10/c46-43(47,48)25-60-33-17-7-29(8-18-33)41(56)62-35-13-2-27(3-14-35)1-12-32(54)24-38(37-21-11-31(52)23-39(37)53)45(58,59)40(55)22-6-28-4-15-36(16-5-28)63-42(57)30-9-19-34(20-10-30)61-26-44(49,50)51/h1-23,38,58-59H,24-26,52-53H2/b12-1+,22-6+. The van der Waals surface area contributed by atoms with E-state index in [1.54, 1.807) is 0 Å². The van der Waals surface area contributed by atoms with E-state index in [0.29, 0.717) is 11.1 Å². The number of rotatable bonds is 17. The van der Waals surface area contributed by atoms with E-state index in [9.17, 15) is 55.7 Å². The number of hydrogen-bond acceptors (Lipinski definition) is 12. The van der Waals surface area contributed by atoms with Crippen molar-refractivity contribution in [3.63, 3.8) is 0 Å². The third kappa shape index (κ3) is 14.1. The highest BCUT2D eigenvalue weighted by molar-refractivity contribution is 6.01. The molecule has 5 aromatic rings. The zero-order chi connectivity index (χ0) is 46.0. The van der Waals surface area contributed by atoms with Crippen molar-refractivity contribution in [2.45, 2.75) is 30.5 Å². The highest BCUT2D eigenvalue weighted by Gasteiger charge is 2.43. The summed E-state index contributed by atoms with van der Waals surface area (Å²) in [5.41, 5.74) is 13.1. The van der Waals surface area contributed by atoms with Crippen LogP contribution in [0.25, 0.3) is 12.2 Å². The monoisotopic (exact) mass is 878 g/mol. The average molecular weight is 879 g/mol. The second-order valence-electron chi connectivity index (χ2n) is 13.6. The van der Waals surface area contributed by atoms with Gasteiger partial charge in [-0.25, -0.2) is 9.59 Å². The molecule has 0 heterocycles. The van der Waals surface area contributed by atoms with Gasteiger partial charge in [0.15, 0.2) is 19.0 Å². The zero-order valence-corrected chi connectivity index (χ0v) is 32.6. The van der Waals surface area contributed by atoms with Crippen molar-refractivity contribution in [2.24, 2.45) is 0 Å². The number of hydrogen-bond donors (Lipinski definition) is 4. The second kappa shape index (κ2) is 20.0. The number of alkyl halides is 6. The zero-order valence-electron chi connectivity index (χ0n) is 32.6. The third-order valence-electron chi connectivity index (χ3n) is 8.80. The maximum absolute atomic E-state index is 13.4. The number of ether oxygens (including phenoxy) is 4. The molecule has 0 aromatic heterocycles. The largest absolute Gasteiger partial charge is 0.484 e. The molecule has 0 bridgehead atoms. The van der Waals surface area contributed by atoms with Gasteiger partial charge in [-0.15, -0.1) is 0 Å². The van der Waals surface area contributed by atoms with Gasteiger partial charge in [0.25, 0.3) is 0 Å². The van der Waals surface area contributed by atoms with Gasteiger partial charge in [0.05, 0.1) is 17.0 Å². The van der Waals surface area contributed by atoms with Crippen molar-refractivity contribution in [1.82, 2.24) is 0 Å². The van der Waals surface area contributed by atoms with Crippen LogP contribution in [-0.4, -0.2) is 65.1 Å². The van der Waals surface area contributed by atoms with E-state index >= 15 is 0 Å². The Morgan fingerprint density at radius 2 is 0.984 bits per heavy atom. The molecule has 1 unspecified atom stereocenters. The molecule has 0 amide bonds. The molecule has 5 aromatic carbocycles. The van der Waals surface area contributed by atoms with Crippen LogP contribution in [0.5, 0.6) is 23.0 Å². The minimum absolute atomic E-state index is 0.0206. The fraction of sp³-hybridized carbons (Fsp3) is 0.156. The van der Waals surface area contributed by atoms with Crippen molar-refractivity contribution < 1.29 is 74.7 Å². The molecule has 63 heavy (non-hydrogen) atoms. The summed E-state index contributed by atoms with van der Waals surface area (Å²) in [6.07, 6.45) is -5.02. The van der Waals surface area contributed by atoms with E-state index in [-0.39, 0.29) is 51.1 Å². The topological polar surface area (TPSA) is 198 Å². The number of benzene rings is 5. The van der Waals surface area contributed by atoms with E-state index < -0.39 is 67.2 Å². The summed E-state index contributed by atoms with van der Waals surface area (Å²) < 4.78 is 94.2. The number of anilines is 2. The molecular weight excluding hydrogens is 842 g/mol. The van der Waals surface area contributed by atoms with Crippen LogP contribution in [0.2, 0.25) is 0 Å². The van der Waals surface area contributed by atoms with Crippen LogP contribution >= 0.6 is 0 Å². The van der Waals surface area contributed by atoms with E-state index in [2.05, 4.69) is 9.47 Å². The molecule has 5 rings (SSSR count). The first-order valence-corrected chi connectivity index (χ1v) is 18.4. The van der Waals surface area contributed by atoms with Crippen LogP contribution in [0.3, 0.4) is 0 Å². The number of ketones is 2. The Hall–Kier alpha value is -7.44. The van der Waals surface area contributed by atoms with Crippen molar-refractivity contribution in [1.29, 1.82) is 0 Å². The Balaban J connectivity index is 1.20. The molecule has 328 valence electrons. The van der Waals surface area contributed by atoms with Gasteiger partial charge in [0.2, 0.25) is 11.6 Å². The van der Waals surface area contributed by atoms with Crippen LogP contribution in [0.1, 0.15) is 49.7 Å². The lowest BCUT2D eigenvalue weighted by atomic mass is 9.82. The summed E-state index contributed by atoms with van der Waals surface area (Å²) in [6.45, 7) is -2.99. The Morgan fingerprint density at radius 1 is 0.571 bits per heavy atom. The molecule has 6 N–H and O–H groups in total. The molecule has 0 aliphatic heterocycles. The number of carbonyl (C=O) groups excluding carboxylic acids is 4. The normalized spacial score (nSPS) is 12.5. The van der Waals surface area contributed by atoms with Gasteiger partial charge < -0.3 is 40.6 Å². The minimum Gasteiger partial charge on any atom is -0.484 e. The van der Waals surface area contributed by atoms with Gasteiger partial charge in [0, 0.05) is 17.8 Å². The maximum atomic E-state index is 13.4. The molecule has 0 radical (unpaired) electrons. The fourth-order valence-electron chi connectivity index (χ4n) is 5.64. The highest BCUT2D eigenvalue weighted by atomic mass is 19.4. The molecule has 0 aliphatic carbocycles. The predicted molar refractivity (Wildman–Crippen MR) is 217 cm³/mol.